The summed E-state index contributed by atoms with van der Waals surface area (Å²) in [6.07, 6.45) is 0. The second kappa shape index (κ2) is 5.89. The van der Waals surface area contributed by atoms with E-state index in [0.29, 0.717) is 5.88 Å². The summed E-state index contributed by atoms with van der Waals surface area (Å²) in [5.74, 6) is -0.605. The Labute approximate surface area is 150 Å². The van der Waals surface area contributed by atoms with Crippen molar-refractivity contribution in [1.29, 1.82) is 10.7 Å². The Bertz CT molecular complexity index is 940. The number of halogens is 1. The van der Waals surface area contributed by atoms with E-state index in [1.54, 1.807) is 11.3 Å². The molecule has 0 saturated carbocycles. The minimum absolute atomic E-state index is 0.0581. The van der Waals surface area contributed by atoms with Gasteiger partial charge in [-0.15, -0.1) is 16.4 Å². The third-order valence-electron chi connectivity index (χ3n) is 4.02. The van der Waals surface area contributed by atoms with Crippen LogP contribution in [0.2, 0.25) is 0 Å². The van der Waals surface area contributed by atoms with Gasteiger partial charge in [0.15, 0.2) is 0 Å². The Morgan fingerprint density at radius 3 is 2.75 bits per heavy atom. The van der Waals surface area contributed by atoms with Crippen molar-refractivity contribution in [2.24, 2.45) is 5.92 Å². The van der Waals surface area contributed by atoms with Gasteiger partial charge < -0.3 is 4.74 Å². The Hall–Kier alpha value is -2.43. The third kappa shape index (κ3) is 2.35. The smallest absolute Gasteiger partial charge is 0.244 e. The number of aromatic nitrogens is 2. The molecular weight excluding hydrogens is 388 g/mol. The fourth-order valence-corrected chi connectivity index (χ4v) is 4.07. The van der Waals surface area contributed by atoms with Crippen molar-refractivity contribution >= 4 is 33.2 Å². The van der Waals surface area contributed by atoms with Gasteiger partial charge in [-0.05, 0) is 23.6 Å². The first-order valence-electron chi connectivity index (χ1n) is 7.22. The lowest BCUT2D eigenvalue weighted by Crippen LogP contribution is -2.30. The van der Waals surface area contributed by atoms with Gasteiger partial charge in [-0.3, -0.25) is 10.5 Å². The summed E-state index contributed by atoms with van der Waals surface area (Å²) in [5.41, 5.74) is 2.62. The molecule has 0 amide bonds. The van der Waals surface area contributed by atoms with E-state index in [4.69, 9.17) is 10.1 Å². The zero-order valence-corrected chi connectivity index (χ0v) is 14.7. The SMILES string of the molecule is N#CC1C(=N)Oc2n[nH]c(-c3ccc(Br)cc3)c2C1c1cccs1. The highest BCUT2D eigenvalue weighted by molar-refractivity contribution is 9.10. The molecule has 2 N–H and O–H groups in total. The highest BCUT2D eigenvalue weighted by Gasteiger charge is 2.41. The van der Waals surface area contributed by atoms with Crippen molar-refractivity contribution < 1.29 is 4.74 Å². The third-order valence-corrected chi connectivity index (χ3v) is 5.51. The molecule has 5 nitrogen and oxygen atoms in total. The highest BCUT2D eigenvalue weighted by Crippen LogP contribution is 2.46. The molecular formula is C17H11BrN4OS. The predicted molar refractivity (Wildman–Crippen MR) is 95.3 cm³/mol. The predicted octanol–water partition coefficient (Wildman–Crippen LogP) is 4.54. The molecule has 2 aromatic heterocycles. The topological polar surface area (TPSA) is 85.6 Å². The zero-order valence-electron chi connectivity index (χ0n) is 12.3. The zero-order chi connectivity index (χ0) is 16.7. The molecule has 0 saturated heterocycles. The van der Waals surface area contributed by atoms with Gasteiger partial charge in [0.25, 0.3) is 0 Å². The molecule has 1 aliphatic heterocycles. The lowest BCUT2D eigenvalue weighted by atomic mass is 9.82. The minimum atomic E-state index is -0.664. The maximum atomic E-state index is 9.59. The van der Waals surface area contributed by atoms with Gasteiger partial charge in [-0.1, -0.05) is 34.1 Å². The van der Waals surface area contributed by atoms with Crippen LogP contribution in [-0.2, 0) is 0 Å². The molecule has 0 radical (unpaired) electrons. The van der Waals surface area contributed by atoms with Crippen LogP contribution >= 0.6 is 27.3 Å². The Morgan fingerprint density at radius 1 is 1.29 bits per heavy atom. The number of ether oxygens (including phenoxy) is 1. The van der Waals surface area contributed by atoms with E-state index in [1.807, 2.05) is 41.8 Å². The van der Waals surface area contributed by atoms with E-state index in [9.17, 15) is 5.26 Å². The lowest BCUT2D eigenvalue weighted by Gasteiger charge is -2.27. The molecule has 0 bridgehead atoms. The average Bonchev–Trinajstić information content (AvgIpc) is 3.24. The largest absolute Gasteiger partial charge is 0.422 e. The Balaban J connectivity index is 1.92. The van der Waals surface area contributed by atoms with Crippen molar-refractivity contribution in [3.05, 3.63) is 56.7 Å². The van der Waals surface area contributed by atoms with Crippen LogP contribution in [0.1, 0.15) is 16.4 Å². The number of nitrogens with one attached hydrogen (secondary N) is 2. The summed E-state index contributed by atoms with van der Waals surface area (Å²) in [6.45, 7) is 0. The molecule has 0 aliphatic carbocycles. The number of hydrogen-bond donors (Lipinski definition) is 2. The Kier molecular flexibility index (Phi) is 3.71. The normalized spacial score (nSPS) is 19.4. The highest BCUT2D eigenvalue weighted by atomic mass is 79.9. The number of aromatic amines is 1. The van der Waals surface area contributed by atoms with E-state index in [2.05, 4.69) is 32.2 Å². The first kappa shape index (κ1) is 15.1. The molecule has 1 aromatic carbocycles. The van der Waals surface area contributed by atoms with E-state index in [-0.39, 0.29) is 11.8 Å². The first-order valence-corrected chi connectivity index (χ1v) is 8.90. The number of hydrogen-bond acceptors (Lipinski definition) is 5. The monoisotopic (exact) mass is 398 g/mol. The van der Waals surface area contributed by atoms with Crippen LogP contribution in [0.25, 0.3) is 11.3 Å². The average molecular weight is 399 g/mol. The van der Waals surface area contributed by atoms with Crippen molar-refractivity contribution in [2.45, 2.75) is 5.92 Å². The number of rotatable bonds is 2. The van der Waals surface area contributed by atoms with Crippen LogP contribution in [0.4, 0.5) is 0 Å². The van der Waals surface area contributed by atoms with Crippen molar-refractivity contribution in [2.75, 3.05) is 0 Å². The molecule has 3 heterocycles. The second-order valence-electron chi connectivity index (χ2n) is 5.39. The van der Waals surface area contributed by atoms with Crippen LogP contribution in [0.3, 0.4) is 0 Å². The fraction of sp³-hybridized carbons (Fsp3) is 0.118. The molecule has 4 rings (SSSR count). The fourth-order valence-electron chi connectivity index (χ4n) is 2.93. The Morgan fingerprint density at radius 2 is 2.08 bits per heavy atom. The van der Waals surface area contributed by atoms with Crippen LogP contribution in [0.5, 0.6) is 5.88 Å². The van der Waals surface area contributed by atoms with Crippen molar-refractivity contribution in [3.63, 3.8) is 0 Å². The summed E-state index contributed by atoms with van der Waals surface area (Å²) < 4.78 is 6.49. The van der Waals surface area contributed by atoms with Gasteiger partial charge in [-0.25, -0.2) is 0 Å². The van der Waals surface area contributed by atoms with Crippen molar-refractivity contribution in [1.82, 2.24) is 10.2 Å². The lowest BCUT2D eigenvalue weighted by molar-refractivity contribution is 0.439. The first-order chi connectivity index (χ1) is 11.7. The summed E-state index contributed by atoms with van der Waals surface area (Å²) in [6, 6.07) is 14.0. The summed E-state index contributed by atoms with van der Waals surface area (Å²) in [4.78, 5) is 1.02. The number of nitrogens with zero attached hydrogens (tertiary/aromatic N) is 2. The molecule has 0 fully saturated rings. The van der Waals surface area contributed by atoms with E-state index < -0.39 is 5.92 Å². The van der Waals surface area contributed by atoms with Gasteiger partial charge in [0, 0.05) is 14.9 Å². The van der Waals surface area contributed by atoms with Crippen LogP contribution in [0, 0.1) is 22.7 Å². The second-order valence-corrected chi connectivity index (χ2v) is 7.29. The summed E-state index contributed by atoms with van der Waals surface area (Å²) in [7, 11) is 0. The molecule has 2 unspecified atom stereocenters. The quantitative estimate of drug-likeness (QED) is 0.663. The maximum Gasteiger partial charge on any atom is 0.244 e. The van der Waals surface area contributed by atoms with Crippen molar-refractivity contribution in [3.8, 4) is 23.2 Å². The number of thiophene rings is 1. The van der Waals surface area contributed by atoms with Crippen LogP contribution in [0.15, 0.2) is 46.3 Å². The van der Waals surface area contributed by atoms with E-state index in [1.165, 1.54) is 0 Å². The number of nitriles is 1. The van der Waals surface area contributed by atoms with E-state index >= 15 is 0 Å². The van der Waals surface area contributed by atoms with Gasteiger partial charge in [0.05, 0.1) is 23.2 Å². The molecule has 1 aliphatic rings. The van der Waals surface area contributed by atoms with Gasteiger partial charge in [0.2, 0.25) is 11.8 Å². The molecule has 3 aromatic rings. The number of fused-ring (bicyclic) bond motifs is 1. The van der Waals surface area contributed by atoms with Gasteiger partial charge in [0.1, 0.15) is 5.92 Å². The molecule has 118 valence electrons. The summed E-state index contributed by atoms with van der Waals surface area (Å²) in [5, 5.41) is 26.9. The molecule has 0 spiro atoms. The minimum Gasteiger partial charge on any atom is -0.422 e. The van der Waals surface area contributed by atoms with Gasteiger partial charge in [-0.2, -0.15) is 5.26 Å². The van der Waals surface area contributed by atoms with Crippen LogP contribution < -0.4 is 4.74 Å². The number of H-pyrrole nitrogens is 1. The molecule has 24 heavy (non-hydrogen) atoms. The standard InChI is InChI=1S/C17H11BrN4OS/c18-10-5-3-9(4-6-10)15-14-13(12-2-1-7-24-12)11(8-19)16(20)23-17(14)22-21-15/h1-7,11,13,20H,(H,21,22). The van der Waals surface area contributed by atoms with Crippen LogP contribution in [-0.4, -0.2) is 16.1 Å². The molecule has 7 heteroatoms. The summed E-state index contributed by atoms with van der Waals surface area (Å²) >= 11 is 5.01. The maximum absolute atomic E-state index is 9.59. The van der Waals surface area contributed by atoms with Gasteiger partial charge >= 0.3 is 0 Å². The molecule has 2 atom stereocenters. The van der Waals surface area contributed by atoms with E-state index in [0.717, 1.165) is 26.2 Å². The number of benzene rings is 1.